The van der Waals surface area contributed by atoms with Crippen molar-refractivity contribution in [1.29, 1.82) is 0 Å². The molecule has 1 aromatic rings. The van der Waals surface area contributed by atoms with Gasteiger partial charge in [-0.3, -0.25) is 19.2 Å². The number of fused-ring (bicyclic) bond motifs is 1. The Morgan fingerprint density at radius 1 is 0.935 bits per heavy atom. The van der Waals surface area contributed by atoms with Gasteiger partial charge in [0.05, 0.1) is 6.42 Å². The van der Waals surface area contributed by atoms with Crippen LogP contribution in [0.3, 0.4) is 0 Å². The second-order valence-electron chi connectivity index (χ2n) is 13.7. The SMILES string of the molecule is CCC.CCCC(CC1CC(=O)c2c(C)c(CC(=O)C/C3=C/C=C\C/C=C\C=C/C3)cc(C(C)C)c2C1)C(CC)C(=O)CC(C)=O. The first-order chi connectivity index (χ1) is 22.0. The van der Waals surface area contributed by atoms with Gasteiger partial charge in [-0.15, -0.1) is 0 Å². The first kappa shape index (κ1) is 39.0. The van der Waals surface area contributed by atoms with Crippen LogP contribution in [0.4, 0.5) is 0 Å². The molecule has 2 aliphatic rings. The summed E-state index contributed by atoms with van der Waals surface area (Å²) < 4.78 is 0. The van der Waals surface area contributed by atoms with Crippen LogP contribution in [0.2, 0.25) is 0 Å². The number of benzene rings is 1. The quantitative estimate of drug-likeness (QED) is 0.192. The maximum Gasteiger partial charge on any atom is 0.163 e. The third-order valence-electron chi connectivity index (χ3n) is 9.16. The molecule has 0 bridgehead atoms. The number of rotatable bonds is 14. The summed E-state index contributed by atoms with van der Waals surface area (Å²) in [7, 11) is 0. The van der Waals surface area contributed by atoms with E-state index in [4.69, 9.17) is 0 Å². The number of carbonyl (C=O) groups is 4. The molecule has 4 heteroatoms. The van der Waals surface area contributed by atoms with Crippen LogP contribution in [-0.4, -0.2) is 23.1 Å². The fourth-order valence-corrected chi connectivity index (χ4v) is 7.13. The van der Waals surface area contributed by atoms with Crippen LogP contribution >= 0.6 is 0 Å². The van der Waals surface area contributed by atoms with Gasteiger partial charge in [0.15, 0.2) is 5.78 Å². The van der Waals surface area contributed by atoms with E-state index in [9.17, 15) is 19.2 Å². The van der Waals surface area contributed by atoms with Crippen molar-refractivity contribution in [2.75, 3.05) is 0 Å². The second kappa shape index (κ2) is 20.2. The van der Waals surface area contributed by atoms with Gasteiger partial charge in [-0.2, -0.15) is 0 Å². The van der Waals surface area contributed by atoms with Gasteiger partial charge < -0.3 is 0 Å². The van der Waals surface area contributed by atoms with E-state index in [2.05, 4.69) is 65.0 Å². The highest BCUT2D eigenvalue weighted by Gasteiger charge is 2.34. The van der Waals surface area contributed by atoms with Gasteiger partial charge >= 0.3 is 0 Å². The van der Waals surface area contributed by atoms with Gasteiger partial charge in [0.1, 0.15) is 17.3 Å². The monoisotopic (exact) mass is 628 g/mol. The topological polar surface area (TPSA) is 68.3 Å². The molecular weight excluding hydrogens is 568 g/mol. The van der Waals surface area contributed by atoms with E-state index in [0.29, 0.717) is 19.3 Å². The molecule has 3 atom stereocenters. The Hall–Kier alpha value is -3.14. The summed E-state index contributed by atoms with van der Waals surface area (Å²) in [6, 6.07) is 2.19. The summed E-state index contributed by atoms with van der Waals surface area (Å²) in [5, 5.41) is 0. The van der Waals surface area contributed by atoms with Crippen molar-refractivity contribution in [1.82, 2.24) is 0 Å². The van der Waals surface area contributed by atoms with Gasteiger partial charge in [0.25, 0.3) is 0 Å². The number of allylic oxidation sites excluding steroid dienone is 8. The fraction of sp³-hybridized carbons (Fsp3) is 0.571. The molecule has 0 spiro atoms. The van der Waals surface area contributed by atoms with E-state index < -0.39 is 0 Å². The molecule has 252 valence electrons. The molecule has 46 heavy (non-hydrogen) atoms. The Morgan fingerprint density at radius 2 is 1.61 bits per heavy atom. The molecule has 0 heterocycles. The standard InChI is InChI=1S/C39H52O4.C3H8/c1-7-16-31(34(8-2)37(42)19-27(5)40)20-30-22-36-35(26(3)4)25-32(28(6)39(36)38(43)23-30)24-33(41)21-29-17-14-12-10-9-11-13-15-18-29;1-3-2/h9-10,12-15,18,25-26,30-31,34H,7-8,11,16-17,19-24H2,1-6H3;3H2,1-2H3/b10-9-,14-12-,15-13-,29-18+;. The molecule has 2 aliphatic carbocycles. The molecule has 4 nitrogen and oxygen atoms in total. The molecule has 0 radical (unpaired) electrons. The van der Waals surface area contributed by atoms with Gasteiger partial charge in [-0.25, -0.2) is 0 Å². The lowest BCUT2D eigenvalue weighted by molar-refractivity contribution is -0.130. The number of ketones is 4. The second-order valence-corrected chi connectivity index (χ2v) is 13.7. The van der Waals surface area contributed by atoms with Crippen LogP contribution in [-0.2, 0) is 27.2 Å². The molecule has 1 aromatic carbocycles. The van der Waals surface area contributed by atoms with Gasteiger partial charge in [0.2, 0.25) is 0 Å². The maximum atomic E-state index is 13.8. The zero-order chi connectivity index (χ0) is 34.2. The van der Waals surface area contributed by atoms with E-state index in [-0.39, 0.29) is 53.2 Å². The molecular formula is C42H60O4. The minimum atomic E-state index is -0.135. The predicted octanol–water partition coefficient (Wildman–Crippen LogP) is 10.6. The van der Waals surface area contributed by atoms with E-state index in [1.807, 2.05) is 32.1 Å². The third kappa shape index (κ3) is 11.9. The average molecular weight is 629 g/mol. The van der Waals surface area contributed by atoms with Crippen LogP contribution in [0.15, 0.2) is 54.2 Å². The summed E-state index contributed by atoms with van der Waals surface area (Å²) in [5.74, 6) is 0.753. The zero-order valence-corrected chi connectivity index (χ0v) is 30.0. The van der Waals surface area contributed by atoms with Crippen molar-refractivity contribution in [2.45, 2.75) is 138 Å². The maximum absolute atomic E-state index is 13.8. The first-order valence-corrected chi connectivity index (χ1v) is 17.8. The Kier molecular flexibility index (Phi) is 17.1. The van der Waals surface area contributed by atoms with Gasteiger partial charge in [-0.05, 0) is 86.0 Å². The highest BCUT2D eigenvalue weighted by atomic mass is 16.1. The summed E-state index contributed by atoms with van der Waals surface area (Å²) in [4.78, 5) is 51.8. The van der Waals surface area contributed by atoms with Crippen molar-refractivity contribution in [3.8, 4) is 0 Å². The number of hydrogen-bond donors (Lipinski definition) is 0. The largest absolute Gasteiger partial charge is 0.300 e. The average Bonchev–Trinajstić information content (AvgIpc) is 2.98. The Morgan fingerprint density at radius 3 is 2.24 bits per heavy atom. The lowest BCUT2D eigenvalue weighted by atomic mass is 9.70. The number of Topliss-reactive ketones (excluding diaryl/α,β-unsaturated/α-hetero) is 4. The van der Waals surface area contributed by atoms with E-state index in [0.717, 1.165) is 72.8 Å². The summed E-state index contributed by atoms with van der Waals surface area (Å²) >= 11 is 0. The lowest BCUT2D eigenvalue weighted by Crippen LogP contribution is -2.30. The molecule has 3 rings (SSSR count). The van der Waals surface area contributed by atoms with Crippen LogP contribution in [0, 0.1) is 24.7 Å². The normalized spacial score (nSPS) is 20.7. The van der Waals surface area contributed by atoms with Crippen molar-refractivity contribution in [2.24, 2.45) is 17.8 Å². The number of carbonyl (C=O) groups excluding carboxylic acids is 4. The minimum absolute atomic E-state index is 0.00533. The highest BCUT2D eigenvalue weighted by Crippen LogP contribution is 2.40. The minimum Gasteiger partial charge on any atom is -0.300 e. The predicted molar refractivity (Wildman–Crippen MR) is 193 cm³/mol. The molecule has 0 aromatic heterocycles. The van der Waals surface area contributed by atoms with E-state index >= 15 is 0 Å². The van der Waals surface area contributed by atoms with Crippen LogP contribution < -0.4 is 0 Å². The Balaban J connectivity index is 0.00000236. The fourth-order valence-electron chi connectivity index (χ4n) is 7.13. The van der Waals surface area contributed by atoms with Crippen LogP contribution in [0.5, 0.6) is 0 Å². The lowest BCUT2D eigenvalue weighted by Gasteiger charge is -2.33. The highest BCUT2D eigenvalue weighted by molar-refractivity contribution is 6.01. The van der Waals surface area contributed by atoms with E-state index in [1.54, 1.807) is 0 Å². The first-order valence-electron chi connectivity index (χ1n) is 17.8. The Bertz CT molecular complexity index is 1320. The Labute approximate surface area is 279 Å². The van der Waals surface area contributed by atoms with Crippen molar-refractivity contribution in [3.05, 3.63) is 82.0 Å². The van der Waals surface area contributed by atoms with Crippen molar-refractivity contribution < 1.29 is 19.2 Å². The zero-order valence-electron chi connectivity index (χ0n) is 30.0. The van der Waals surface area contributed by atoms with Crippen LogP contribution in [0.1, 0.15) is 151 Å². The summed E-state index contributed by atoms with van der Waals surface area (Å²) in [6.45, 7) is 16.2. The van der Waals surface area contributed by atoms with Crippen molar-refractivity contribution in [3.63, 3.8) is 0 Å². The molecule has 0 aliphatic heterocycles. The van der Waals surface area contributed by atoms with E-state index in [1.165, 1.54) is 18.9 Å². The third-order valence-corrected chi connectivity index (χ3v) is 9.16. The molecule has 0 fully saturated rings. The molecule has 0 saturated heterocycles. The molecule has 0 N–H and O–H groups in total. The smallest absolute Gasteiger partial charge is 0.163 e. The molecule has 0 saturated carbocycles. The van der Waals surface area contributed by atoms with Crippen molar-refractivity contribution >= 4 is 23.1 Å². The van der Waals surface area contributed by atoms with Crippen LogP contribution in [0.25, 0.3) is 0 Å². The molecule has 3 unspecified atom stereocenters. The summed E-state index contributed by atoms with van der Waals surface area (Å²) in [6.07, 6.45) is 22.8. The number of hydrogen-bond acceptors (Lipinski definition) is 4. The van der Waals surface area contributed by atoms with Gasteiger partial charge in [-0.1, -0.05) is 115 Å². The molecule has 0 amide bonds. The summed E-state index contributed by atoms with van der Waals surface area (Å²) in [5.41, 5.74) is 6.16. The van der Waals surface area contributed by atoms with Gasteiger partial charge in [0, 0.05) is 30.7 Å².